The van der Waals surface area contributed by atoms with Gasteiger partial charge in [0.15, 0.2) is 6.10 Å². The number of allylic oxidation sites excluding steroid dienone is 7. The molecule has 0 amide bonds. The smallest absolute Gasteiger partial charge is 0.462 e. The SMILES string of the molecule is CCCCCCCC/C=C\CCCCCCCC(=O)OC[C@H](COP(=O)(O)O)OC(=O)CCC/C=C\C/C=C\C/C=C\CC1OC1CCCCC. The van der Waals surface area contributed by atoms with Gasteiger partial charge in [0.25, 0.3) is 0 Å². The highest BCUT2D eigenvalue weighted by atomic mass is 31.2. The second-order valence-electron chi connectivity index (χ2n) is 13.6. The van der Waals surface area contributed by atoms with Gasteiger partial charge in [0.05, 0.1) is 18.8 Å². The zero-order valence-corrected chi connectivity index (χ0v) is 32.8. The number of rotatable bonds is 35. The standard InChI is InChI=1S/C41H71O9P/c1-3-5-7-8-9-10-11-12-13-14-15-19-22-25-29-33-40(42)47-35-37(36-48-51(44,45)46)49-41(43)34-30-26-23-20-17-16-18-21-24-28-32-39-38(50-39)31-27-6-4-2/h12-13,16,18,20,23-24,28,37-39H,3-11,14-15,17,19,21-22,25-27,29-36H2,1-2H3,(H2,44,45,46)/b13-12-,18-16-,23-20-,28-24-/t37-,38?,39?/m1/s1. The summed E-state index contributed by atoms with van der Waals surface area (Å²) in [5.41, 5.74) is 0. The van der Waals surface area contributed by atoms with Gasteiger partial charge >= 0.3 is 19.8 Å². The third kappa shape index (κ3) is 32.4. The first kappa shape index (κ1) is 47.0. The minimum atomic E-state index is -4.77. The van der Waals surface area contributed by atoms with Gasteiger partial charge in [0.2, 0.25) is 0 Å². The van der Waals surface area contributed by atoms with Crippen molar-refractivity contribution in [3.05, 3.63) is 48.6 Å². The number of carbonyl (C=O) groups excluding carboxylic acids is 2. The fraction of sp³-hybridized carbons (Fsp3) is 0.756. The average molecular weight is 739 g/mol. The van der Waals surface area contributed by atoms with E-state index in [0.717, 1.165) is 51.4 Å². The summed E-state index contributed by atoms with van der Waals surface area (Å²) in [6.07, 6.45) is 41.5. The molecule has 51 heavy (non-hydrogen) atoms. The predicted octanol–water partition coefficient (Wildman–Crippen LogP) is 10.9. The Balaban J connectivity index is 2.12. The molecule has 1 saturated heterocycles. The highest BCUT2D eigenvalue weighted by molar-refractivity contribution is 7.46. The van der Waals surface area contributed by atoms with Gasteiger partial charge < -0.3 is 24.0 Å². The van der Waals surface area contributed by atoms with Crippen LogP contribution >= 0.6 is 7.82 Å². The Morgan fingerprint density at radius 3 is 1.82 bits per heavy atom. The Morgan fingerprint density at radius 1 is 0.627 bits per heavy atom. The maximum atomic E-state index is 12.4. The number of unbranched alkanes of at least 4 members (excludes halogenated alkanes) is 14. The van der Waals surface area contributed by atoms with E-state index in [-0.39, 0.29) is 19.4 Å². The number of phosphoric ester groups is 1. The molecule has 3 atom stereocenters. The van der Waals surface area contributed by atoms with E-state index in [4.69, 9.17) is 24.0 Å². The largest absolute Gasteiger partial charge is 0.469 e. The van der Waals surface area contributed by atoms with Gasteiger partial charge in [-0.15, -0.1) is 0 Å². The molecule has 2 N–H and O–H groups in total. The zero-order chi connectivity index (χ0) is 37.3. The number of carbonyl (C=O) groups is 2. The van der Waals surface area contributed by atoms with Crippen LogP contribution < -0.4 is 0 Å². The Hall–Kier alpha value is -2.03. The highest BCUT2D eigenvalue weighted by Crippen LogP contribution is 2.36. The highest BCUT2D eigenvalue weighted by Gasteiger charge is 2.36. The fourth-order valence-electron chi connectivity index (χ4n) is 5.63. The van der Waals surface area contributed by atoms with Crippen molar-refractivity contribution in [2.24, 2.45) is 0 Å². The average Bonchev–Trinajstić information content (AvgIpc) is 3.85. The van der Waals surface area contributed by atoms with Crippen LogP contribution in [0.5, 0.6) is 0 Å². The van der Waals surface area contributed by atoms with Gasteiger partial charge in [-0.3, -0.25) is 14.1 Å². The number of esters is 2. The van der Waals surface area contributed by atoms with Gasteiger partial charge in [0.1, 0.15) is 6.61 Å². The molecule has 1 fully saturated rings. The molecule has 0 saturated carbocycles. The molecule has 0 spiro atoms. The third-order valence-corrected chi connectivity index (χ3v) is 9.23. The number of hydrogen-bond donors (Lipinski definition) is 2. The molecule has 0 aromatic heterocycles. The first-order chi connectivity index (χ1) is 24.7. The van der Waals surface area contributed by atoms with Crippen molar-refractivity contribution in [2.45, 2.75) is 186 Å². The van der Waals surface area contributed by atoms with Crippen LogP contribution in [0.2, 0.25) is 0 Å². The van der Waals surface area contributed by atoms with Gasteiger partial charge in [-0.2, -0.15) is 0 Å². The predicted molar refractivity (Wildman–Crippen MR) is 206 cm³/mol. The van der Waals surface area contributed by atoms with Gasteiger partial charge in [-0.25, -0.2) is 4.57 Å². The molecule has 0 aromatic carbocycles. The Morgan fingerprint density at radius 2 is 1.16 bits per heavy atom. The normalized spacial score (nSPS) is 16.9. The Labute approximate surface area is 309 Å². The summed E-state index contributed by atoms with van der Waals surface area (Å²) in [7, 11) is -4.77. The Kier molecular flexibility index (Phi) is 30.0. The molecule has 1 rings (SSSR count). The molecule has 0 radical (unpaired) electrons. The van der Waals surface area contributed by atoms with Crippen LogP contribution in [-0.4, -0.2) is 53.3 Å². The lowest BCUT2D eigenvalue weighted by atomic mass is 10.1. The van der Waals surface area contributed by atoms with Crippen LogP contribution in [0, 0.1) is 0 Å². The molecule has 294 valence electrons. The fourth-order valence-corrected chi connectivity index (χ4v) is 5.99. The molecular weight excluding hydrogens is 667 g/mol. The third-order valence-electron chi connectivity index (χ3n) is 8.74. The first-order valence-corrected chi connectivity index (χ1v) is 21.6. The lowest BCUT2D eigenvalue weighted by Gasteiger charge is -2.18. The molecule has 2 unspecified atom stereocenters. The maximum Gasteiger partial charge on any atom is 0.469 e. The summed E-state index contributed by atoms with van der Waals surface area (Å²) in [5, 5.41) is 0. The minimum Gasteiger partial charge on any atom is -0.462 e. The first-order valence-electron chi connectivity index (χ1n) is 20.1. The summed E-state index contributed by atoms with van der Waals surface area (Å²) >= 11 is 0. The van der Waals surface area contributed by atoms with E-state index in [0.29, 0.717) is 31.5 Å². The monoisotopic (exact) mass is 738 g/mol. The molecule has 1 aliphatic heterocycles. The topological polar surface area (TPSA) is 132 Å². The lowest BCUT2D eigenvalue weighted by Crippen LogP contribution is -2.29. The lowest BCUT2D eigenvalue weighted by molar-refractivity contribution is -0.161. The van der Waals surface area contributed by atoms with E-state index in [1.54, 1.807) is 0 Å². The van der Waals surface area contributed by atoms with E-state index in [1.807, 2.05) is 6.08 Å². The number of hydrogen-bond acceptors (Lipinski definition) is 7. The molecule has 1 aliphatic rings. The summed E-state index contributed by atoms with van der Waals surface area (Å²) < 4.78 is 32.0. The maximum absolute atomic E-state index is 12.4. The molecule has 0 aliphatic carbocycles. The summed E-state index contributed by atoms with van der Waals surface area (Å²) in [6, 6.07) is 0. The van der Waals surface area contributed by atoms with Crippen LogP contribution in [0.15, 0.2) is 48.6 Å². The van der Waals surface area contributed by atoms with Crippen LogP contribution in [0.3, 0.4) is 0 Å². The number of phosphoric acid groups is 1. The minimum absolute atomic E-state index is 0.129. The van der Waals surface area contributed by atoms with E-state index >= 15 is 0 Å². The van der Waals surface area contributed by atoms with Crippen molar-refractivity contribution in [3.63, 3.8) is 0 Å². The molecule has 10 heteroatoms. The number of epoxide rings is 1. The summed E-state index contributed by atoms with van der Waals surface area (Å²) in [4.78, 5) is 42.8. The second kappa shape index (κ2) is 32.6. The summed E-state index contributed by atoms with van der Waals surface area (Å²) in [5.74, 6) is -0.967. The molecule has 0 bridgehead atoms. The van der Waals surface area contributed by atoms with Gasteiger partial charge in [-0.05, 0) is 70.6 Å². The second-order valence-corrected chi connectivity index (χ2v) is 14.9. The van der Waals surface area contributed by atoms with E-state index in [9.17, 15) is 14.2 Å². The van der Waals surface area contributed by atoms with Crippen molar-refractivity contribution >= 4 is 19.8 Å². The van der Waals surface area contributed by atoms with Crippen molar-refractivity contribution in [1.82, 2.24) is 0 Å². The van der Waals surface area contributed by atoms with E-state index < -0.39 is 32.5 Å². The molecule has 1 heterocycles. The van der Waals surface area contributed by atoms with Crippen LogP contribution in [0.25, 0.3) is 0 Å². The van der Waals surface area contributed by atoms with Crippen LogP contribution in [0.4, 0.5) is 0 Å². The summed E-state index contributed by atoms with van der Waals surface area (Å²) in [6.45, 7) is 3.58. The van der Waals surface area contributed by atoms with Crippen molar-refractivity contribution in [3.8, 4) is 0 Å². The van der Waals surface area contributed by atoms with E-state index in [1.165, 1.54) is 70.6 Å². The molecule has 0 aromatic rings. The van der Waals surface area contributed by atoms with E-state index in [2.05, 4.69) is 60.9 Å². The van der Waals surface area contributed by atoms with Gasteiger partial charge in [0, 0.05) is 12.8 Å². The molecule has 9 nitrogen and oxygen atoms in total. The Bertz CT molecular complexity index is 1030. The quantitative estimate of drug-likeness (QED) is 0.0214. The van der Waals surface area contributed by atoms with Crippen molar-refractivity contribution in [1.29, 1.82) is 0 Å². The molecular formula is C41H71O9P. The van der Waals surface area contributed by atoms with Crippen LogP contribution in [0.1, 0.15) is 168 Å². The zero-order valence-electron chi connectivity index (χ0n) is 31.9. The van der Waals surface area contributed by atoms with Gasteiger partial charge in [-0.1, -0.05) is 133 Å². The van der Waals surface area contributed by atoms with Crippen molar-refractivity contribution < 1.29 is 42.7 Å². The van der Waals surface area contributed by atoms with Crippen LogP contribution in [-0.2, 0) is 32.9 Å². The number of ether oxygens (including phenoxy) is 3. The van der Waals surface area contributed by atoms with Crippen molar-refractivity contribution in [2.75, 3.05) is 13.2 Å².